The molecule has 0 aromatic carbocycles. The Balaban J connectivity index is 1.54. The minimum absolute atomic E-state index is 0.0675. The van der Waals surface area contributed by atoms with Gasteiger partial charge in [-0.15, -0.1) is 0 Å². The van der Waals surface area contributed by atoms with Gasteiger partial charge >= 0.3 is 0 Å². The molecular weight excluding hydrogens is 348 g/mol. The molecule has 3 heterocycles. The van der Waals surface area contributed by atoms with Crippen molar-refractivity contribution in [3.05, 3.63) is 17.5 Å². The van der Waals surface area contributed by atoms with Crippen molar-refractivity contribution in [2.24, 2.45) is 0 Å². The summed E-state index contributed by atoms with van der Waals surface area (Å²) in [4.78, 5) is 31.0. The minimum atomic E-state index is -0.117. The molecule has 1 aromatic heterocycles. The topological polar surface area (TPSA) is 79.1 Å². The van der Waals surface area contributed by atoms with Gasteiger partial charge in [-0.2, -0.15) is 0 Å². The highest BCUT2D eigenvalue weighted by Gasteiger charge is 2.30. The van der Waals surface area contributed by atoms with Crippen molar-refractivity contribution in [3.8, 4) is 0 Å². The van der Waals surface area contributed by atoms with Crippen LogP contribution in [0.5, 0.6) is 0 Å². The molecule has 8 heteroatoms. The predicted molar refractivity (Wildman–Crippen MR) is 99.4 cm³/mol. The maximum atomic E-state index is 12.7. The van der Waals surface area contributed by atoms with Crippen LogP contribution in [0.15, 0.2) is 10.6 Å². The maximum Gasteiger partial charge on any atom is 0.276 e. The summed E-state index contributed by atoms with van der Waals surface area (Å²) in [7, 11) is 0. The Labute approximate surface area is 160 Å². The zero-order valence-electron chi connectivity index (χ0n) is 16.4. The molecule has 3 rings (SSSR count). The van der Waals surface area contributed by atoms with Gasteiger partial charge in [-0.1, -0.05) is 5.16 Å². The fourth-order valence-corrected chi connectivity index (χ4v) is 3.91. The van der Waals surface area contributed by atoms with Crippen molar-refractivity contribution in [2.45, 2.75) is 39.2 Å². The van der Waals surface area contributed by atoms with Crippen molar-refractivity contribution < 1.29 is 18.8 Å². The molecule has 8 nitrogen and oxygen atoms in total. The summed E-state index contributed by atoms with van der Waals surface area (Å²) in [6.07, 6.45) is 2.76. The van der Waals surface area contributed by atoms with Crippen LogP contribution in [0, 0.1) is 6.92 Å². The quantitative estimate of drug-likeness (QED) is 0.739. The van der Waals surface area contributed by atoms with Gasteiger partial charge in [0.1, 0.15) is 5.76 Å². The summed E-state index contributed by atoms with van der Waals surface area (Å²) in [5.41, 5.74) is 0.342. The molecule has 1 atom stereocenters. The average Bonchev–Trinajstić information content (AvgIpc) is 3.11. The molecule has 27 heavy (non-hydrogen) atoms. The molecule has 2 amide bonds. The van der Waals surface area contributed by atoms with Crippen molar-refractivity contribution in [1.82, 2.24) is 19.9 Å². The van der Waals surface area contributed by atoms with E-state index < -0.39 is 0 Å². The predicted octanol–water partition coefficient (Wildman–Crippen LogP) is 1.16. The zero-order valence-corrected chi connectivity index (χ0v) is 16.4. The van der Waals surface area contributed by atoms with Crippen molar-refractivity contribution in [3.63, 3.8) is 0 Å². The molecular formula is C19H30N4O4. The molecule has 1 aromatic rings. The normalized spacial score (nSPS) is 21.3. The number of aromatic nitrogens is 1. The van der Waals surface area contributed by atoms with Gasteiger partial charge in [0.25, 0.3) is 5.91 Å². The summed E-state index contributed by atoms with van der Waals surface area (Å²) in [5.74, 6) is 0.585. The van der Waals surface area contributed by atoms with Crippen molar-refractivity contribution >= 4 is 11.8 Å². The number of aryl methyl sites for hydroxylation is 1. The van der Waals surface area contributed by atoms with E-state index in [4.69, 9.17) is 9.26 Å². The molecule has 2 saturated heterocycles. The number of carbonyl (C=O) groups is 2. The fourth-order valence-electron chi connectivity index (χ4n) is 3.91. The van der Waals surface area contributed by atoms with Crippen LogP contribution in [-0.2, 0) is 9.53 Å². The van der Waals surface area contributed by atoms with Crippen LogP contribution in [0.25, 0.3) is 0 Å². The first-order chi connectivity index (χ1) is 13.0. The molecule has 0 aliphatic carbocycles. The lowest BCUT2D eigenvalue weighted by Gasteiger charge is -2.39. The Bertz CT molecular complexity index is 641. The van der Waals surface area contributed by atoms with Crippen LogP contribution >= 0.6 is 0 Å². The fraction of sp³-hybridized carbons (Fsp3) is 0.737. The van der Waals surface area contributed by atoms with Gasteiger partial charge in [0.2, 0.25) is 5.91 Å². The standard InChI is InChI=1S/C19H30N4O4/c1-15-13-18(20-27-15)19(25)22-7-3-5-17(14-22)23(16(2)24)8-4-6-21-9-11-26-12-10-21/h13,17H,3-12,14H2,1-2H3. The summed E-state index contributed by atoms with van der Waals surface area (Å²) in [5, 5.41) is 3.83. The minimum Gasteiger partial charge on any atom is -0.379 e. The molecule has 0 N–H and O–H groups in total. The number of piperidine rings is 1. The summed E-state index contributed by atoms with van der Waals surface area (Å²) < 4.78 is 10.4. The van der Waals surface area contributed by atoms with Crippen LogP contribution in [0.1, 0.15) is 42.4 Å². The highest BCUT2D eigenvalue weighted by Crippen LogP contribution is 2.19. The molecule has 2 aliphatic heterocycles. The second-order valence-corrected chi connectivity index (χ2v) is 7.39. The van der Waals surface area contributed by atoms with Crippen LogP contribution < -0.4 is 0 Å². The number of hydrogen-bond donors (Lipinski definition) is 0. The van der Waals surface area contributed by atoms with Gasteiger partial charge in [-0.05, 0) is 26.2 Å². The number of amides is 2. The van der Waals surface area contributed by atoms with Gasteiger partial charge < -0.3 is 19.1 Å². The number of hydrogen-bond acceptors (Lipinski definition) is 6. The second-order valence-electron chi connectivity index (χ2n) is 7.39. The SMILES string of the molecule is CC(=O)N(CCCN1CCOCC1)C1CCCN(C(=O)c2cc(C)on2)C1. The lowest BCUT2D eigenvalue weighted by Crippen LogP contribution is -2.52. The van der Waals surface area contributed by atoms with Crippen molar-refractivity contribution in [1.29, 1.82) is 0 Å². The summed E-state index contributed by atoms with van der Waals surface area (Å²) in [6, 6.07) is 1.73. The van der Waals surface area contributed by atoms with E-state index in [0.717, 1.165) is 58.7 Å². The average molecular weight is 378 g/mol. The second kappa shape index (κ2) is 9.32. The Kier molecular flexibility index (Phi) is 6.84. The number of ether oxygens (including phenoxy) is 1. The monoisotopic (exact) mass is 378 g/mol. The van der Waals surface area contributed by atoms with Gasteiger partial charge in [0.15, 0.2) is 5.69 Å². The van der Waals surface area contributed by atoms with E-state index in [9.17, 15) is 9.59 Å². The lowest BCUT2D eigenvalue weighted by atomic mass is 10.0. The van der Waals surface area contributed by atoms with Crippen molar-refractivity contribution in [2.75, 3.05) is 52.5 Å². The third-order valence-corrected chi connectivity index (χ3v) is 5.35. The third-order valence-electron chi connectivity index (χ3n) is 5.35. The van der Waals surface area contributed by atoms with Gasteiger partial charge in [0.05, 0.1) is 13.2 Å². The molecule has 0 spiro atoms. The summed E-state index contributed by atoms with van der Waals surface area (Å²) >= 11 is 0. The first-order valence-electron chi connectivity index (χ1n) is 9.84. The Morgan fingerprint density at radius 3 is 2.74 bits per heavy atom. The van der Waals surface area contributed by atoms with E-state index in [1.165, 1.54) is 0 Å². The van der Waals surface area contributed by atoms with E-state index in [1.807, 2.05) is 4.90 Å². The number of morpholine rings is 1. The largest absolute Gasteiger partial charge is 0.379 e. The summed E-state index contributed by atoms with van der Waals surface area (Å²) in [6.45, 7) is 9.85. The molecule has 1 unspecified atom stereocenters. The Morgan fingerprint density at radius 2 is 2.07 bits per heavy atom. The van der Waals surface area contributed by atoms with E-state index >= 15 is 0 Å². The number of nitrogens with zero attached hydrogens (tertiary/aromatic N) is 4. The lowest BCUT2D eigenvalue weighted by molar-refractivity contribution is -0.132. The smallest absolute Gasteiger partial charge is 0.276 e. The maximum absolute atomic E-state index is 12.7. The van der Waals surface area contributed by atoms with E-state index in [-0.39, 0.29) is 17.9 Å². The van der Waals surface area contributed by atoms with Crippen LogP contribution in [0.2, 0.25) is 0 Å². The zero-order chi connectivity index (χ0) is 19.2. The van der Waals surface area contributed by atoms with Crippen LogP contribution in [0.4, 0.5) is 0 Å². The van der Waals surface area contributed by atoms with Gasteiger partial charge in [0, 0.05) is 58.3 Å². The number of rotatable bonds is 6. The number of likely N-dealkylation sites (tertiary alicyclic amines) is 1. The highest BCUT2D eigenvalue weighted by atomic mass is 16.5. The highest BCUT2D eigenvalue weighted by molar-refractivity contribution is 5.92. The third kappa shape index (κ3) is 5.29. The first kappa shape index (κ1) is 19.8. The first-order valence-corrected chi connectivity index (χ1v) is 9.84. The Morgan fingerprint density at radius 1 is 1.30 bits per heavy atom. The van der Waals surface area contributed by atoms with Crippen LogP contribution in [-0.4, -0.2) is 90.2 Å². The molecule has 0 radical (unpaired) electrons. The molecule has 2 aliphatic rings. The van der Waals surface area contributed by atoms with E-state index in [2.05, 4.69) is 10.1 Å². The Hall–Kier alpha value is -1.93. The van der Waals surface area contributed by atoms with Gasteiger partial charge in [-0.3, -0.25) is 14.5 Å². The molecule has 150 valence electrons. The number of carbonyl (C=O) groups excluding carboxylic acids is 2. The van der Waals surface area contributed by atoms with Gasteiger partial charge in [-0.25, -0.2) is 0 Å². The van der Waals surface area contributed by atoms with Crippen LogP contribution in [0.3, 0.4) is 0 Å². The molecule has 2 fully saturated rings. The molecule has 0 bridgehead atoms. The van der Waals surface area contributed by atoms with E-state index in [1.54, 1.807) is 24.8 Å². The molecule has 0 saturated carbocycles. The van der Waals surface area contributed by atoms with E-state index in [0.29, 0.717) is 24.5 Å².